The average Bonchev–Trinajstić information content (AvgIpc) is 2.97. The van der Waals surface area contributed by atoms with Crippen LogP contribution in [0.5, 0.6) is 0 Å². The second-order valence-electron chi connectivity index (χ2n) is 7.25. The lowest BCUT2D eigenvalue weighted by molar-refractivity contribution is 0.118. The van der Waals surface area contributed by atoms with E-state index in [1.807, 2.05) is 6.92 Å². The second-order valence-corrected chi connectivity index (χ2v) is 7.25. The van der Waals surface area contributed by atoms with Gasteiger partial charge in [-0.3, -0.25) is 9.88 Å². The molecule has 0 unspecified atom stereocenters. The van der Waals surface area contributed by atoms with Crippen molar-refractivity contribution >= 4 is 0 Å². The van der Waals surface area contributed by atoms with Gasteiger partial charge >= 0.3 is 0 Å². The van der Waals surface area contributed by atoms with Crippen molar-refractivity contribution in [3.63, 3.8) is 0 Å². The van der Waals surface area contributed by atoms with Crippen LogP contribution in [-0.4, -0.2) is 32.7 Å². The minimum Gasteiger partial charge on any atom is -0.425 e. The molecule has 3 rings (SSSR count). The molecule has 3 heterocycles. The zero-order valence-corrected chi connectivity index (χ0v) is 15.4. The maximum absolute atomic E-state index is 5.70. The Hall–Kier alpha value is -1.75. The van der Waals surface area contributed by atoms with Crippen LogP contribution in [-0.2, 0) is 6.54 Å². The van der Waals surface area contributed by atoms with Gasteiger partial charge in [-0.25, -0.2) is 0 Å². The van der Waals surface area contributed by atoms with Crippen molar-refractivity contribution in [3.8, 4) is 0 Å². The summed E-state index contributed by atoms with van der Waals surface area (Å²) in [6.45, 7) is 12.7. The van der Waals surface area contributed by atoms with Crippen LogP contribution in [0.1, 0.15) is 74.2 Å². The van der Waals surface area contributed by atoms with E-state index in [1.54, 1.807) is 0 Å². The summed E-state index contributed by atoms with van der Waals surface area (Å²) in [5.74, 6) is 2.23. The molecule has 2 atom stereocenters. The molecule has 0 aliphatic carbocycles. The van der Waals surface area contributed by atoms with Crippen molar-refractivity contribution in [1.29, 1.82) is 0 Å². The standard InChI is InChI=1S/C19H28N4O/c1-12(2)18-9-8-16(13(3)20-18)11-23-10-6-7-17(14(23)4)19-22-21-15(5)24-19/h8-9,12,14,17H,6-7,10-11H2,1-5H3/t14-,17-/m0/s1. The first kappa shape index (κ1) is 17.1. The van der Waals surface area contributed by atoms with E-state index >= 15 is 0 Å². The fraction of sp³-hybridized carbons (Fsp3) is 0.632. The molecule has 0 aromatic carbocycles. The zero-order valence-electron chi connectivity index (χ0n) is 15.4. The fourth-order valence-corrected chi connectivity index (χ4v) is 3.54. The summed E-state index contributed by atoms with van der Waals surface area (Å²) in [6, 6.07) is 4.80. The van der Waals surface area contributed by atoms with Gasteiger partial charge in [0.05, 0.1) is 5.92 Å². The van der Waals surface area contributed by atoms with Crippen LogP contribution >= 0.6 is 0 Å². The molecule has 0 radical (unpaired) electrons. The van der Waals surface area contributed by atoms with Crippen molar-refractivity contribution in [3.05, 3.63) is 40.9 Å². The van der Waals surface area contributed by atoms with E-state index in [1.165, 1.54) is 11.3 Å². The number of piperidine rings is 1. The zero-order chi connectivity index (χ0) is 17.3. The molecule has 2 aromatic heterocycles. The first-order valence-electron chi connectivity index (χ1n) is 8.96. The molecule has 0 saturated carbocycles. The number of likely N-dealkylation sites (tertiary alicyclic amines) is 1. The van der Waals surface area contributed by atoms with E-state index in [-0.39, 0.29) is 0 Å². The van der Waals surface area contributed by atoms with Crippen molar-refractivity contribution in [2.45, 2.75) is 71.9 Å². The molecule has 130 valence electrons. The van der Waals surface area contributed by atoms with Crippen LogP contribution in [0.15, 0.2) is 16.5 Å². The van der Waals surface area contributed by atoms with E-state index in [4.69, 9.17) is 9.40 Å². The molecule has 1 aliphatic heterocycles. The normalized spacial score (nSPS) is 22.2. The number of hydrogen-bond donors (Lipinski definition) is 0. The van der Waals surface area contributed by atoms with Crippen LogP contribution in [0.4, 0.5) is 0 Å². The fourth-order valence-electron chi connectivity index (χ4n) is 3.54. The molecule has 1 fully saturated rings. The van der Waals surface area contributed by atoms with Gasteiger partial charge in [0.2, 0.25) is 11.8 Å². The minimum atomic E-state index is 0.322. The number of pyridine rings is 1. The van der Waals surface area contributed by atoms with Crippen LogP contribution in [0, 0.1) is 13.8 Å². The summed E-state index contributed by atoms with van der Waals surface area (Å²) in [5.41, 5.74) is 3.62. The molecule has 5 heteroatoms. The lowest BCUT2D eigenvalue weighted by atomic mass is 9.89. The largest absolute Gasteiger partial charge is 0.425 e. The van der Waals surface area contributed by atoms with Gasteiger partial charge < -0.3 is 4.42 Å². The number of aryl methyl sites for hydroxylation is 2. The van der Waals surface area contributed by atoms with Gasteiger partial charge in [0.15, 0.2) is 0 Å². The molecule has 1 aliphatic rings. The van der Waals surface area contributed by atoms with E-state index in [2.05, 4.69) is 54.9 Å². The maximum Gasteiger partial charge on any atom is 0.221 e. The van der Waals surface area contributed by atoms with Crippen molar-refractivity contribution in [2.75, 3.05) is 6.54 Å². The Morgan fingerprint density at radius 3 is 2.67 bits per heavy atom. The molecule has 24 heavy (non-hydrogen) atoms. The van der Waals surface area contributed by atoms with Gasteiger partial charge in [0.1, 0.15) is 0 Å². The van der Waals surface area contributed by atoms with Gasteiger partial charge in [0, 0.05) is 30.9 Å². The maximum atomic E-state index is 5.70. The second kappa shape index (κ2) is 7.01. The van der Waals surface area contributed by atoms with Gasteiger partial charge in [-0.05, 0) is 50.8 Å². The number of aromatic nitrogens is 3. The van der Waals surface area contributed by atoms with Gasteiger partial charge in [-0.2, -0.15) is 0 Å². The molecule has 0 amide bonds. The Morgan fingerprint density at radius 2 is 2.04 bits per heavy atom. The summed E-state index contributed by atoms with van der Waals surface area (Å²) in [7, 11) is 0. The summed E-state index contributed by atoms with van der Waals surface area (Å²) in [4.78, 5) is 7.30. The first-order chi connectivity index (χ1) is 11.5. The van der Waals surface area contributed by atoms with Crippen molar-refractivity contribution in [2.24, 2.45) is 0 Å². The third kappa shape index (κ3) is 3.51. The predicted molar refractivity (Wildman–Crippen MR) is 93.9 cm³/mol. The van der Waals surface area contributed by atoms with Crippen LogP contribution in [0.25, 0.3) is 0 Å². The van der Waals surface area contributed by atoms with E-state index < -0.39 is 0 Å². The van der Waals surface area contributed by atoms with Gasteiger partial charge in [-0.1, -0.05) is 19.9 Å². The highest BCUT2D eigenvalue weighted by atomic mass is 16.4. The topological polar surface area (TPSA) is 55.1 Å². The minimum absolute atomic E-state index is 0.322. The third-order valence-electron chi connectivity index (χ3n) is 5.16. The Balaban J connectivity index is 1.75. The first-order valence-corrected chi connectivity index (χ1v) is 8.96. The van der Waals surface area contributed by atoms with E-state index in [0.29, 0.717) is 23.8 Å². The molecular weight excluding hydrogens is 300 g/mol. The average molecular weight is 328 g/mol. The molecule has 1 saturated heterocycles. The number of rotatable bonds is 4. The number of hydrogen-bond acceptors (Lipinski definition) is 5. The summed E-state index contributed by atoms with van der Waals surface area (Å²) in [5, 5.41) is 8.25. The smallest absolute Gasteiger partial charge is 0.221 e. The Labute approximate surface area is 144 Å². The van der Waals surface area contributed by atoms with Gasteiger partial charge in [0.25, 0.3) is 0 Å². The molecule has 0 spiro atoms. The van der Waals surface area contributed by atoms with Crippen molar-refractivity contribution < 1.29 is 4.42 Å². The molecular formula is C19H28N4O. The summed E-state index contributed by atoms with van der Waals surface area (Å²) >= 11 is 0. The monoisotopic (exact) mass is 328 g/mol. The highest BCUT2D eigenvalue weighted by Gasteiger charge is 2.32. The highest BCUT2D eigenvalue weighted by molar-refractivity contribution is 5.23. The SMILES string of the molecule is Cc1nnc([C@H]2CCCN(Cc3ccc(C(C)C)nc3C)[C@H]2C)o1. The molecule has 0 bridgehead atoms. The highest BCUT2D eigenvalue weighted by Crippen LogP contribution is 2.32. The van der Waals surface area contributed by atoms with Crippen LogP contribution in [0.3, 0.4) is 0 Å². The molecule has 0 N–H and O–H groups in total. The van der Waals surface area contributed by atoms with Crippen molar-refractivity contribution in [1.82, 2.24) is 20.1 Å². The molecule has 2 aromatic rings. The third-order valence-corrected chi connectivity index (χ3v) is 5.16. The van der Waals surface area contributed by atoms with E-state index in [0.717, 1.165) is 37.5 Å². The summed E-state index contributed by atoms with van der Waals surface area (Å²) < 4.78 is 5.70. The van der Waals surface area contributed by atoms with Crippen LogP contribution in [0.2, 0.25) is 0 Å². The predicted octanol–water partition coefficient (Wildman–Crippen LogP) is 3.97. The van der Waals surface area contributed by atoms with Gasteiger partial charge in [-0.15, -0.1) is 10.2 Å². The molecule has 5 nitrogen and oxygen atoms in total. The number of nitrogens with zero attached hydrogens (tertiary/aromatic N) is 4. The Kier molecular flexibility index (Phi) is 4.99. The summed E-state index contributed by atoms with van der Waals surface area (Å²) in [6.07, 6.45) is 2.27. The lowest BCUT2D eigenvalue weighted by Gasteiger charge is -2.38. The Morgan fingerprint density at radius 1 is 1.25 bits per heavy atom. The lowest BCUT2D eigenvalue weighted by Crippen LogP contribution is -2.42. The quantitative estimate of drug-likeness (QED) is 0.850. The van der Waals surface area contributed by atoms with Crippen LogP contribution < -0.4 is 0 Å². The van der Waals surface area contributed by atoms with E-state index in [9.17, 15) is 0 Å². The Bertz CT molecular complexity index is 694.